The quantitative estimate of drug-likeness (QED) is 0.874. The Kier molecular flexibility index (Phi) is 3.31. The smallest absolute Gasteiger partial charge is 0.0667 e. The molecule has 1 N–H and O–H groups in total. The molecule has 3 rings (SSSR count). The summed E-state index contributed by atoms with van der Waals surface area (Å²) < 4.78 is 0. The van der Waals surface area contributed by atoms with Crippen LogP contribution in [0.15, 0.2) is 42.5 Å². The van der Waals surface area contributed by atoms with Gasteiger partial charge in [0.1, 0.15) is 0 Å². The highest BCUT2D eigenvalue weighted by atomic mass is 16.3. The third-order valence-corrected chi connectivity index (χ3v) is 3.75. The van der Waals surface area contributed by atoms with E-state index in [1.807, 2.05) is 0 Å². The Hall–Kier alpha value is -1.38. The molecule has 0 amide bonds. The monoisotopic (exact) mass is 241 g/mol. The summed E-state index contributed by atoms with van der Waals surface area (Å²) >= 11 is 0. The molecule has 1 aliphatic heterocycles. The molecule has 18 heavy (non-hydrogen) atoms. The first kappa shape index (κ1) is 11.7. The molecule has 1 atom stereocenters. The van der Waals surface area contributed by atoms with Crippen LogP contribution in [0.25, 0.3) is 10.8 Å². The molecule has 1 fully saturated rings. The largest absolute Gasteiger partial charge is 0.392 e. The van der Waals surface area contributed by atoms with E-state index in [2.05, 4.69) is 47.4 Å². The van der Waals surface area contributed by atoms with Crippen molar-refractivity contribution in [1.82, 2.24) is 4.90 Å². The van der Waals surface area contributed by atoms with Crippen molar-refractivity contribution < 1.29 is 5.11 Å². The highest BCUT2D eigenvalue weighted by molar-refractivity contribution is 5.85. The van der Waals surface area contributed by atoms with E-state index in [1.54, 1.807) is 0 Å². The summed E-state index contributed by atoms with van der Waals surface area (Å²) in [6.45, 7) is 2.85. The van der Waals surface area contributed by atoms with E-state index in [0.29, 0.717) is 0 Å². The van der Waals surface area contributed by atoms with Crippen molar-refractivity contribution >= 4 is 10.8 Å². The molecule has 2 heteroatoms. The van der Waals surface area contributed by atoms with Gasteiger partial charge in [0.25, 0.3) is 0 Å². The molecule has 2 aromatic carbocycles. The third kappa shape index (κ3) is 2.40. The second kappa shape index (κ2) is 5.09. The molecule has 1 heterocycles. The maximum atomic E-state index is 9.73. The van der Waals surface area contributed by atoms with Gasteiger partial charge in [-0.15, -0.1) is 0 Å². The lowest BCUT2D eigenvalue weighted by Gasteiger charge is -2.30. The van der Waals surface area contributed by atoms with Gasteiger partial charge in [-0.3, -0.25) is 4.90 Å². The van der Waals surface area contributed by atoms with Gasteiger partial charge in [0.2, 0.25) is 0 Å². The van der Waals surface area contributed by atoms with Crippen LogP contribution in [0.4, 0.5) is 0 Å². The summed E-state index contributed by atoms with van der Waals surface area (Å²) in [6.07, 6.45) is 1.91. The molecule has 1 saturated heterocycles. The first-order valence-electron chi connectivity index (χ1n) is 6.70. The van der Waals surface area contributed by atoms with Crippen LogP contribution < -0.4 is 0 Å². The average molecular weight is 241 g/mol. The van der Waals surface area contributed by atoms with Gasteiger partial charge in [-0.25, -0.2) is 0 Å². The highest BCUT2D eigenvalue weighted by Crippen LogP contribution is 2.21. The van der Waals surface area contributed by atoms with Crippen LogP contribution in [0, 0.1) is 0 Å². The molecular weight excluding hydrogens is 222 g/mol. The number of β-amino-alcohol motifs (C(OH)–C–C–N with tert-alkyl or cyclic N) is 1. The summed E-state index contributed by atoms with van der Waals surface area (Å²) in [6, 6.07) is 15.0. The van der Waals surface area contributed by atoms with Crippen LogP contribution in [0.1, 0.15) is 18.4 Å². The van der Waals surface area contributed by atoms with E-state index in [1.165, 1.54) is 16.3 Å². The fourth-order valence-corrected chi connectivity index (χ4v) is 2.85. The Morgan fingerprint density at radius 3 is 2.83 bits per heavy atom. The van der Waals surface area contributed by atoms with E-state index in [-0.39, 0.29) is 6.10 Å². The second-order valence-corrected chi connectivity index (χ2v) is 5.17. The minimum Gasteiger partial charge on any atom is -0.392 e. The van der Waals surface area contributed by atoms with Crippen LogP contribution in [0.5, 0.6) is 0 Å². The molecular formula is C16H19NO. The summed E-state index contributed by atoms with van der Waals surface area (Å²) in [7, 11) is 0. The zero-order chi connectivity index (χ0) is 12.4. The molecule has 0 aliphatic carbocycles. The minimum absolute atomic E-state index is 0.145. The molecule has 0 spiro atoms. The number of fused-ring (bicyclic) bond motifs is 1. The topological polar surface area (TPSA) is 23.5 Å². The lowest BCUT2D eigenvalue weighted by Crippen LogP contribution is -2.37. The predicted molar refractivity (Wildman–Crippen MR) is 74.5 cm³/mol. The fourth-order valence-electron chi connectivity index (χ4n) is 2.85. The van der Waals surface area contributed by atoms with Crippen LogP contribution in [-0.2, 0) is 6.54 Å². The molecule has 2 aromatic rings. The Morgan fingerprint density at radius 2 is 1.94 bits per heavy atom. The normalized spacial score (nSPS) is 21.3. The fraction of sp³-hybridized carbons (Fsp3) is 0.375. The molecule has 0 bridgehead atoms. The summed E-state index contributed by atoms with van der Waals surface area (Å²) in [5, 5.41) is 12.4. The Labute approximate surface area is 108 Å². The number of aliphatic hydroxyl groups excluding tert-OH is 1. The predicted octanol–water partition coefficient (Wildman–Crippen LogP) is 2.80. The average Bonchev–Trinajstić information content (AvgIpc) is 2.39. The lowest BCUT2D eigenvalue weighted by atomic mass is 10.0. The van der Waals surface area contributed by atoms with E-state index < -0.39 is 0 Å². The van der Waals surface area contributed by atoms with Crippen LogP contribution >= 0.6 is 0 Å². The van der Waals surface area contributed by atoms with Crippen molar-refractivity contribution in [3.63, 3.8) is 0 Å². The van der Waals surface area contributed by atoms with Crippen molar-refractivity contribution in [2.24, 2.45) is 0 Å². The molecule has 0 radical (unpaired) electrons. The second-order valence-electron chi connectivity index (χ2n) is 5.17. The molecule has 94 valence electrons. The Bertz CT molecular complexity index is 532. The first-order valence-corrected chi connectivity index (χ1v) is 6.70. The number of hydrogen-bond donors (Lipinski definition) is 1. The number of aliphatic hydroxyl groups is 1. The Morgan fingerprint density at radius 1 is 1.11 bits per heavy atom. The third-order valence-electron chi connectivity index (χ3n) is 3.75. The Balaban J connectivity index is 1.86. The standard InChI is InChI=1S/C16H19NO/c18-15-8-4-10-17(12-15)11-14-7-3-6-13-5-1-2-9-16(13)14/h1-3,5-7,9,15,18H,4,8,10-12H2/t15-/m0/s1. The zero-order valence-corrected chi connectivity index (χ0v) is 10.5. The van der Waals surface area contributed by atoms with Gasteiger partial charge in [-0.1, -0.05) is 42.5 Å². The molecule has 2 nitrogen and oxygen atoms in total. The van der Waals surface area contributed by atoms with Crippen molar-refractivity contribution in [3.05, 3.63) is 48.0 Å². The van der Waals surface area contributed by atoms with E-state index in [0.717, 1.165) is 32.5 Å². The highest BCUT2D eigenvalue weighted by Gasteiger charge is 2.17. The number of likely N-dealkylation sites (tertiary alicyclic amines) is 1. The van der Waals surface area contributed by atoms with Crippen molar-refractivity contribution in [1.29, 1.82) is 0 Å². The maximum Gasteiger partial charge on any atom is 0.0667 e. The van der Waals surface area contributed by atoms with Crippen LogP contribution in [-0.4, -0.2) is 29.2 Å². The van der Waals surface area contributed by atoms with Crippen molar-refractivity contribution in [2.75, 3.05) is 13.1 Å². The van der Waals surface area contributed by atoms with Crippen LogP contribution in [0.2, 0.25) is 0 Å². The van der Waals surface area contributed by atoms with Gasteiger partial charge < -0.3 is 5.11 Å². The van der Waals surface area contributed by atoms with Crippen molar-refractivity contribution in [3.8, 4) is 0 Å². The van der Waals surface area contributed by atoms with Gasteiger partial charge in [0.05, 0.1) is 6.10 Å². The molecule has 0 aromatic heterocycles. The van der Waals surface area contributed by atoms with E-state index >= 15 is 0 Å². The van der Waals surface area contributed by atoms with E-state index in [9.17, 15) is 5.11 Å². The zero-order valence-electron chi connectivity index (χ0n) is 10.5. The number of piperidine rings is 1. The van der Waals surface area contributed by atoms with Gasteiger partial charge >= 0.3 is 0 Å². The maximum absolute atomic E-state index is 9.73. The lowest BCUT2D eigenvalue weighted by molar-refractivity contribution is 0.0670. The molecule has 0 unspecified atom stereocenters. The van der Waals surface area contributed by atoms with E-state index in [4.69, 9.17) is 0 Å². The van der Waals surface area contributed by atoms with Gasteiger partial charge in [0.15, 0.2) is 0 Å². The summed E-state index contributed by atoms with van der Waals surface area (Å²) in [5.41, 5.74) is 1.36. The minimum atomic E-state index is -0.145. The van der Waals surface area contributed by atoms with Gasteiger partial charge in [0, 0.05) is 13.1 Å². The summed E-state index contributed by atoms with van der Waals surface area (Å²) in [4.78, 5) is 2.36. The SMILES string of the molecule is O[C@H]1CCCN(Cc2cccc3ccccc23)C1. The molecule has 1 aliphatic rings. The molecule has 0 saturated carbocycles. The summed E-state index contributed by atoms with van der Waals surface area (Å²) in [5.74, 6) is 0. The number of nitrogens with zero attached hydrogens (tertiary/aromatic N) is 1. The first-order chi connectivity index (χ1) is 8.83. The van der Waals surface area contributed by atoms with Gasteiger partial charge in [-0.05, 0) is 35.7 Å². The van der Waals surface area contributed by atoms with Gasteiger partial charge in [-0.2, -0.15) is 0 Å². The van der Waals surface area contributed by atoms with Crippen LogP contribution in [0.3, 0.4) is 0 Å². The number of benzene rings is 2. The van der Waals surface area contributed by atoms with Crippen molar-refractivity contribution in [2.45, 2.75) is 25.5 Å². The number of hydrogen-bond acceptors (Lipinski definition) is 2. The number of rotatable bonds is 2.